The van der Waals surface area contributed by atoms with Gasteiger partial charge in [-0.05, 0) is 145 Å². The van der Waals surface area contributed by atoms with Crippen LogP contribution in [0.5, 0.6) is 0 Å². The van der Waals surface area contributed by atoms with Gasteiger partial charge in [0.1, 0.15) is 0 Å². The molecule has 0 spiro atoms. The maximum Gasteiger partial charge on any atom is 0.0991 e. The third-order valence-electron chi connectivity index (χ3n) is 12.1. The molecule has 1 unspecified atom stereocenters. The molecule has 292 valence electrons. The zero-order valence-electron chi connectivity index (χ0n) is 33.7. The summed E-state index contributed by atoms with van der Waals surface area (Å²) in [5.41, 5.74) is 15.6. The molecule has 11 rings (SSSR count). The number of hydrogen-bond acceptors (Lipinski definition) is 5. The van der Waals surface area contributed by atoms with Gasteiger partial charge in [-0.3, -0.25) is 0 Å². The molecule has 0 saturated heterocycles. The lowest BCUT2D eigenvalue weighted by molar-refractivity contribution is 0.768. The summed E-state index contributed by atoms with van der Waals surface area (Å²) < 4.78 is 2.33. The molecule has 0 amide bonds. The van der Waals surface area contributed by atoms with E-state index >= 15 is 0 Å². The molecule has 9 aromatic rings. The first-order valence-electron chi connectivity index (χ1n) is 20.8. The molecule has 2 aliphatic rings. The molecule has 1 aliphatic carbocycles. The van der Waals surface area contributed by atoms with Crippen molar-refractivity contribution in [2.75, 3.05) is 14.7 Å². The van der Waals surface area contributed by atoms with Crippen LogP contribution in [0.1, 0.15) is 29.0 Å². The number of rotatable bonds is 8. The minimum absolute atomic E-state index is 0.168. The van der Waals surface area contributed by atoms with E-state index < -0.39 is 0 Å². The van der Waals surface area contributed by atoms with Gasteiger partial charge in [0.05, 0.1) is 34.3 Å². The first kappa shape index (κ1) is 36.5. The van der Waals surface area contributed by atoms with Crippen molar-refractivity contribution >= 4 is 61.6 Å². The molecule has 0 N–H and O–H groups in total. The Kier molecular flexibility index (Phi) is 8.96. The van der Waals surface area contributed by atoms with Crippen LogP contribution in [0, 0.1) is 22.7 Å². The first-order chi connectivity index (χ1) is 30.7. The lowest BCUT2D eigenvalue weighted by Gasteiger charge is -2.33. The van der Waals surface area contributed by atoms with E-state index in [-0.39, 0.29) is 5.92 Å². The number of fused-ring (bicyclic) bond motifs is 6. The molecule has 8 aromatic carbocycles. The van der Waals surface area contributed by atoms with Gasteiger partial charge in [-0.15, -0.1) is 0 Å². The number of hydrogen-bond donors (Lipinski definition) is 0. The van der Waals surface area contributed by atoms with Crippen LogP contribution in [0.4, 0.5) is 39.8 Å². The van der Waals surface area contributed by atoms with Crippen LogP contribution in [0.3, 0.4) is 0 Å². The van der Waals surface area contributed by atoms with Gasteiger partial charge in [0.25, 0.3) is 0 Å². The quantitative estimate of drug-likeness (QED) is 0.153. The second-order valence-electron chi connectivity index (χ2n) is 15.6. The van der Waals surface area contributed by atoms with Crippen LogP contribution in [-0.2, 0) is 0 Å². The van der Waals surface area contributed by atoms with Crippen molar-refractivity contribution in [1.29, 1.82) is 10.5 Å². The van der Waals surface area contributed by atoms with Gasteiger partial charge in [-0.1, -0.05) is 72.8 Å². The zero-order valence-corrected chi connectivity index (χ0v) is 33.7. The van der Waals surface area contributed by atoms with E-state index in [1.165, 1.54) is 22.3 Å². The number of nitriles is 2. The summed E-state index contributed by atoms with van der Waals surface area (Å²) >= 11 is 0. The van der Waals surface area contributed by atoms with Crippen LogP contribution in [0.15, 0.2) is 224 Å². The second kappa shape index (κ2) is 15.2. The summed E-state index contributed by atoms with van der Waals surface area (Å²) in [4.78, 5) is 6.97. The van der Waals surface area contributed by atoms with Crippen molar-refractivity contribution in [2.45, 2.75) is 12.3 Å². The third kappa shape index (κ3) is 6.18. The van der Waals surface area contributed by atoms with Crippen LogP contribution in [0.25, 0.3) is 27.5 Å². The topological polar surface area (TPSA) is 62.2 Å². The SMILES string of the molecule is N#Cc1ccc(N(C2=CC=C3C(C2)c2ccccc2N3c2ccccc2)c2ccc(N(c3ccc(C#N)cc3)c3ccc4c(c3)c3ccccc3n4-c3ccccc3)cc2)cc1. The summed E-state index contributed by atoms with van der Waals surface area (Å²) in [6.07, 6.45) is 5.32. The van der Waals surface area contributed by atoms with Gasteiger partial charge in [0.15, 0.2) is 0 Å². The molecule has 0 radical (unpaired) electrons. The Labute approximate surface area is 360 Å². The third-order valence-corrected chi connectivity index (χ3v) is 12.1. The lowest BCUT2D eigenvalue weighted by atomic mass is 9.89. The lowest BCUT2D eigenvalue weighted by Crippen LogP contribution is -2.22. The van der Waals surface area contributed by atoms with E-state index in [0.29, 0.717) is 11.1 Å². The molecule has 1 atom stereocenters. The van der Waals surface area contributed by atoms with E-state index in [9.17, 15) is 10.5 Å². The van der Waals surface area contributed by atoms with E-state index in [1.807, 2.05) is 54.6 Å². The van der Waals surface area contributed by atoms with Gasteiger partial charge in [-0.2, -0.15) is 10.5 Å². The highest BCUT2D eigenvalue weighted by atomic mass is 15.2. The smallest absolute Gasteiger partial charge is 0.0991 e. The van der Waals surface area contributed by atoms with Gasteiger partial charge in [0.2, 0.25) is 0 Å². The summed E-state index contributed by atoms with van der Waals surface area (Å²) in [6.45, 7) is 0. The van der Waals surface area contributed by atoms with Crippen molar-refractivity contribution in [3.8, 4) is 17.8 Å². The number of para-hydroxylation sites is 4. The van der Waals surface area contributed by atoms with Gasteiger partial charge < -0.3 is 19.3 Å². The number of allylic oxidation sites excluding steroid dienone is 4. The average molecular weight is 795 g/mol. The molecule has 1 aliphatic heterocycles. The van der Waals surface area contributed by atoms with Gasteiger partial charge in [-0.25, -0.2) is 0 Å². The Morgan fingerprint density at radius 2 is 0.968 bits per heavy atom. The molecule has 6 nitrogen and oxygen atoms in total. The van der Waals surface area contributed by atoms with E-state index in [0.717, 1.165) is 68.3 Å². The standard InChI is InChI=1S/C56H38N6/c57-37-39-19-23-43(24-20-39)59(47-31-33-55-51(35-47)49-15-7-9-17-53(49)61(55)41-11-3-1-4-12-41)45-27-29-46(30-28-45)60(44-25-21-40(38-58)22-26-44)48-32-34-56-52(36-48)50-16-8-10-18-54(50)62(56)42-13-5-2-6-14-42/h1-35,52H,36H2. The molecule has 0 saturated carbocycles. The first-order valence-corrected chi connectivity index (χ1v) is 20.8. The molecule has 62 heavy (non-hydrogen) atoms. The molecule has 6 heteroatoms. The van der Waals surface area contributed by atoms with Crippen LogP contribution in [-0.4, -0.2) is 4.57 Å². The van der Waals surface area contributed by atoms with Gasteiger partial charge in [0, 0.05) is 80.0 Å². The number of aromatic nitrogens is 1. The van der Waals surface area contributed by atoms with Crippen LogP contribution in [0.2, 0.25) is 0 Å². The molecule has 0 bridgehead atoms. The largest absolute Gasteiger partial charge is 0.314 e. The van der Waals surface area contributed by atoms with Crippen LogP contribution >= 0.6 is 0 Å². The maximum absolute atomic E-state index is 9.70. The highest BCUT2D eigenvalue weighted by Crippen LogP contribution is 2.53. The van der Waals surface area contributed by atoms with Crippen molar-refractivity contribution in [1.82, 2.24) is 4.57 Å². The Bertz CT molecular complexity index is 3280. The minimum atomic E-state index is 0.168. The average Bonchev–Trinajstić information content (AvgIpc) is 3.85. The van der Waals surface area contributed by atoms with Gasteiger partial charge >= 0.3 is 0 Å². The number of benzene rings is 8. The van der Waals surface area contributed by atoms with Crippen molar-refractivity contribution in [3.63, 3.8) is 0 Å². The number of nitrogens with zero attached hydrogens (tertiary/aromatic N) is 6. The second-order valence-corrected chi connectivity index (χ2v) is 15.6. The predicted octanol–water partition coefficient (Wildman–Crippen LogP) is 14.2. The molecular formula is C56H38N6. The fraction of sp³-hybridized carbons (Fsp3) is 0.0357. The molecule has 2 heterocycles. The normalized spacial score (nSPS) is 14.0. The van der Waals surface area contributed by atoms with Crippen LogP contribution < -0.4 is 14.7 Å². The highest BCUT2D eigenvalue weighted by molar-refractivity contribution is 6.10. The minimum Gasteiger partial charge on any atom is -0.314 e. The predicted molar refractivity (Wildman–Crippen MR) is 252 cm³/mol. The Balaban J connectivity index is 1.02. The van der Waals surface area contributed by atoms with Crippen molar-refractivity contribution < 1.29 is 0 Å². The van der Waals surface area contributed by atoms with E-state index in [4.69, 9.17) is 0 Å². The van der Waals surface area contributed by atoms with E-state index in [1.54, 1.807) is 0 Å². The van der Waals surface area contributed by atoms with E-state index in [2.05, 4.69) is 189 Å². The summed E-state index contributed by atoms with van der Waals surface area (Å²) in [5.74, 6) is 0.168. The zero-order chi connectivity index (χ0) is 41.6. The molecular weight excluding hydrogens is 757 g/mol. The molecule has 0 fully saturated rings. The summed E-state index contributed by atoms with van der Waals surface area (Å²) in [5, 5.41) is 21.7. The molecule has 1 aromatic heterocycles. The Morgan fingerprint density at radius 1 is 0.452 bits per heavy atom. The summed E-state index contributed by atoms with van der Waals surface area (Å²) in [6, 6.07) is 74.0. The highest BCUT2D eigenvalue weighted by Gasteiger charge is 2.37. The Morgan fingerprint density at radius 3 is 1.61 bits per heavy atom. The fourth-order valence-corrected chi connectivity index (χ4v) is 9.34. The monoisotopic (exact) mass is 794 g/mol. The summed E-state index contributed by atoms with van der Waals surface area (Å²) in [7, 11) is 0. The maximum atomic E-state index is 9.70. The fourth-order valence-electron chi connectivity index (χ4n) is 9.34. The number of anilines is 7. The van der Waals surface area contributed by atoms with Crippen molar-refractivity contribution in [3.05, 3.63) is 240 Å². The van der Waals surface area contributed by atoms with Crippen molar-refractivity contribution in [2.24, 2.45) is 0 Å². The Hall–Kier alpha value is -8.58.